The van der Waals surface area contributed by atoms with E-state index in [0.29, 0.717) is 5.02 Å². The number of carbonyl (C=O) groups excluding carboxylic acids is 1. The Kier molecular flexibility index (Phi) is 2.44. The van der Waals surface area contributed by atoms with E-state index >= 15 is 0 Å². The van der Waals surface area contributed by atoms with Crippen LogP contribution in [0.1, 0.15) is 12.5 Å². The van der Waals surface area contributed by atoms with Crippen molar-refractivity contribution in [2.45, 2.75) is 18.6 Å². The zero-order valence-electron chi connectivity index (χ0n) is 8.49. The highest BCUT2D eigenvalue weighted by Crippen LogP contribution is 2.48. The summed E-state index contributed by atoms with van der Waals surface area (Å²) < 4.78 is 9.99. The van der Waals surface area contributed by atoms with E-state index in [1.807, 2.05) is 25.1 Å². The summed E-state index contributed by atoms with van der Waals surface area (Å²) in [5.74, 6) is -0.364. The van der Waals surface area contributed by atoms with E-state index < -0.39 is 11.7 Å². The smallest absolute Gasteiger partial charge is 0.338 e. The van der Waals surface area contributed by atoms with Crippen molar-refractivity contribution in [2.24, 2.45) is 0 Å². The number of epoxide rings is 1. The SMILES string of the molecule is COC(=O)C1OC1(C)c1ccccc1Cl. The quantitative estimate of drug-likeness (QED) is 0.573. The highest BCUT2D eigenvalue weighted by Gasteiger charge is 2.59. The van der Waals surface area contributed by atoms with E-state index in [0.717, 1.165) is 5.56 Å². The van der Waals surface area contributed by atoms with Crippen molar-refractivity contribution in [3.05, 3.63) is 34.9 Å². The van der Waals surface area contributed by atoms with Gasteiger partial charge in [0.2, 0.25) is 0 Å². The molecule has 1 aromatic carbocycles. The molecule has 0 aliphatic carbocycles. The van der Waals surface area contributed by atoms with Gasteiger partial charge in [-0.3, -0.25) is 0 Å². The van der Waals surface area contributed by atoms with Gasteiger partial charge in [0.05, 0.1) is 7.11 Å². The molecule has 0 amide bonds. The third-order valence-corrected chi connectivity index (χ3v) is 2.96. The van der Waals surface area contributed by atoms with Crippen molar-refractivity contribution >= 4 is 17.6 Å². The summed E-state index contributed by atoms with van der Waals surface area (Å²) >= 11 is 6.03. The molecule has 0 bridgehead atoms. The monoisotopic (exact) mass is 226 g/mol. The normalized spacial score (nSPS) is 28.6. The first kappa shape index (κ1) is 10.5. The first-order valence-electron chi connectivity index (χ1n) is 4.60. The highest BCUT2D eigenvalue weighted by molar-refractivity contribution is 6.31. The molecule has 0 aromatic heterocycles. The summed E-state index contributed by atoms with van der Waals surface area (Å²) in [6.45, 7) is 1.83. The Morgan fingerprint density at radius 1 is 1.53 bits per heavy atom. The fourth-order valence-corrected chi connectivity index (χ4v) is 1.98. The van der Waals surface area contributed by atoms with Crippen LogP contribution in [0.25, 0.3) is 0 Å². The average molecular weight is 227 g/mol. The van der Waals surface area contributed by atoms with Crippen molar-refractivity contribution < 1.29 is 14.3 Å². The van der Waals surface area contributed by atoms with E-state index in [1.165, 1.54) is 7.11 Å². The second-order valence-electron chi connectivity index (χ2n) is 3.61. The third-order valence-electron chi connectivity index (χ3n) is 2.63. The van der Waals surface area contributed by atoms with Crippen LogP contribution < -0.4 is 0 Å². The lowest BCUT2D eigenvalue weighted by atomic mass is 9.97. The van der Waals surface area contributed by atoms with Gasteiger partial charge in [-0.05, 0) is 13.0 Å². The first-order chi connectivity index (χ1) is 7.09. The van der Waals surface area contributed by atoms with Crippen molar-refractivity contribution in [1.82, 2.24) is 0 Å². The van der Waals surface area contributed by atoms with Crippen LogP contribution in [0, 0.1) is 0 Å². The number of hydrogen-bond donors (Lipinski definition) is 0. The van der Waals surface area contributed by atoms with Gasteiger partial charge in [0.1, 0.15) is 5.60 Å². The molecular weight excluding hydrogens is 216 g/mol. The maximum Gasteiger partial charge on any atom is 0.338 e. The number of carbonyl (C=O) groups is 1. The van der Waals surface area contributed by atoms with E-state index in [1.54, 1.807) is 6.07 Å². The van der Waals surface area contributed by atoms with Crippen LogP contribution in [-0.2, 0) is 19.9 Å². The highest BCUT2D eigenvalue weighted by atomic mass is 35.5. The number of hydrogen-bond acceptors (Lipinski definition) is 3. The molecule has 2 atom stereocenters. The number of esters is 1. The molecule has 0 N–H and O–H groups in total. The number of ether oxygens (including phenoxy) is 2. The van der Waals surface area contributed by atoms with E-state index in [9.17, 15) is 4.79 Å². The van der Waals surface area contributed by atoms with Crippen LogP contribution in [0.2, 0.25) is 5.02 Å². The van der Waals surface area contributed by atoms with Gasteiger partial charge in [0.25, 0.3) is 0 Å². The minimum atomic E-state index is -0.633. The molecular formula is C11H11ClO3. The molecule has 0 saturated carbocycles. The van der Waals surface area contributed by atoms with Crippen molar-refractivity contribution in [3.63, 3.8) is 0 Å². The van der Waals surface area contributed by atoms with Gasteiger partial charge >= 0.3 is 5.97 Å². The Labute approximate surface area is 92.9 Å². The molecule has 1 aliphatic rings. The van der Waals surface area contributed by atoms with Crippen molar-refractivity contribution in [1.29, 1.82) is 0 Å². The van der Waals surface area contributed by atoms with Gasteiger partial charge in [-0.25, -0.2) is 4.79 Å². The summed E-state index contributed by atoms with van der Waals surface area (Å²) in [5, 5.41) is 0.603. The maximum absolute atomic E-state index is 11.3. The van der Waals surface area contributed by atoms with E-state index in [2.05, 4.69) is 4.74 Å². The zero-order chi connectivity index (χ0) is 11.1. The number of methoxy groups -OCH3 is 1. The Morgan fingerprint density at radius 3 is 2.80 bits per heavy atom. The molecule has 2 rings (SSSR count). The lowest BCUT2D eigenvalue weighted by Crippen LogP contribution is -2.17. The summed E-state index contributed by atoms with van der Waals surface area (Å²) in [4.78, 5) is 11.3. The lowest BCUT2D eigenvalue weighted by Gasteiger charge is -2.08. The fourth-order valence-electron chi connectivity index (χ4n) is 1.66. The maximum atomic E-state index is 11.3. The van der Waals surface area contributed by atoms with Gasteiger partial charge < -0.3 is 9.47 Å². The van der Waals surface area contributed by atoms with Crippen LogP contribution in [0.4, 0.5) is 0 Å². The van der Waals surface area contributed by atoms with E-state index in [4.69, 9.17) is 16.3 Å². The zero-order valence-corrected chi connectivity index (χ0v) is 9.25. The first-order valence-corrected chi connectivity index (χ1v) is 4.98. The fraction of sp³-hybridized carbons (Fsp3) is 0.364. The molecule has 1 saturated heterocycles. The van der Waals surface area contributed by atoms with Crippen LogP contribution in [-0.4, -0.2) is 19.2 Å². The van der Waals surface area contributed by atoms with Crippen LogP contribution in [0.5, 0.6) is 0 Å². The molecule has 0 spiro atoms. The van der Waals surface area contributed by atoms with Gasteiger partial charge in [0, 0.05) is 10.6 Å². The van der Waals surface area contributed by atoms with Gasteiger partial charge in [0.15, 0.2) is 6.10 Å². The Hall–Kier alpha value is -1.06. The van der Waals surface area contributed by atoms with Crippen molar-refractivity contribution in [3.8, 4) is 0 Å². The minimum Gasteiger partial charge on any atom is -0.467 e. The predicted octanol–water partition coefficient (Wildman–Crippen LogP) is 2.13. The van der Waals surface area contributed by atoms with Gasteiger partial charge in [-0.15, -0.1) is 0 Å². The number of benzene rings is 1. The number of halogens is 1. The minimum absolute atomic E-state index is 0.364. The standard InChI is InChI=1S/C11H11ClO3/c1-11(9(15-11)10(13)14-2)7-5-3-4-6-8(7)12/h3-6,9H,1-2H3. The van der Waals surface area contributed by atoms with Gasteiger partial charge in [-0.2, -0.15) is 0 Å². The second-order valence-corrected chi connectivity index (χ2v) is 4.02. The summed E-state index contributed by atoms with van der Waals surface area (Å²) in [6, 6.07) is 7.33. The lowest BCUT2D eigenvalue weighted by molar-refractivity contribution is -0.142. The predicted molar refractivity (Wildman–Crippen MR) is 55.7 cm³/mol. The Bertz CT molecular complexity index is 405. The molecule has 1 fully saturated rings. The second kappa shape index (κ2) is 3.51. The molecule has 80 valence electrons. The average Bonchev–Trinajstić information content (AvgIpc) is 2.91. The largest absolute Gasteiger partial charge is 0.467 e. The molecule has 15 heavy (non-hydrogen) atoms. The topological polar surface area (TPSA) is 38.8 Å². The van der Waals surface area contributed by atoms with Crippen LogP contribution >= 0.6 is 11.6 Å². The van der Waals surface area contributed by atoms with Crippen molar-refractivity contribution in [2.75, 3.05) is 7.11 Å². The molecule has 2 unspecified atom stereocenters. The third kappa shape index (κ3) is 1.62. The molecule has 0 radical (unpaired) electrons. The molecule has 4 heteroatoms. The molecule has 1 aliphatic heterocycles. The van der Waals surface area contributed by atoms with Gasteiger partial charge in [-0.1, -0.05) is 29.8 Å². The Balaban J connectivity index is 2.27. The van der Waals surface area contributed by atoms with Crippen LogP contribution in [0.15, 0.2) is 24.3 Å². The molecule has 1 aromatic rings. The molecule has 1 heterocycles. The van der Waals surface area contributed by atoms with E-state index in [-0.39, 0.29) is 5.97 Å². The number of rotatable bonds is 2. The Morgan fingerprint density at radius 2 is 2.20 bits per heavy atom. The van der Waals surface area contributed by atoms with Crippen LogP contribution in [0.3, 0.4) is 0 Å². The summed E-state index contributed by atoms with van der Waals surface area (Å²) in [7, 11) is 1.34. The molecule has 3 nitrogen and oxygen atoms in total. The summed E-state index contributed by atoms with van der Waals surface area (Å²) in [6.07, 6.45) is -0.539. The summed E-state index contributed by atoms with van der Waals surface area (Å²) in [5.41, 5.74) is 0.188.